The Hall–Kier alpha value is -1.02. The maximum Gasteiger partial charge on any atom is 0.0369 e. The minimum atomic E-state index is 0.139. The summed E-state index contributed by atoms with van der Waals surface area (Å²) in [6.07, 6.45) is 7.08. The van der Waals surface area contributed by atoms with E-state index in [-0.39, 0.29) is 6.04 Å². The van der Waals surface area contributed by atoms with Gasteiger partial charge in [-0.05, 0) is 49.8 Å². The molecular formula is C16H24N2. The average Bonchev–Trinajstić information content (AvgIpc) is 2.82. The molecule has 3 rings (SSSR count). The number of hydrogen-bond acceptors (Lipinski definition) is 2. The smallest absolute Gasteiger partial charge is 0.0369 e. The van der Waals surface area contributed by atoms with E-state index in [9.17, 15) is 0 Å². The molecule has 2 N–H and O–H groups in total. The molecule has 1 aromatic carbocycles. The van der Waals surface area contributed by atoms with E-state index in [1.165, 1.54) is 49.9 Å². The Kier molecular flexibility index (Phi) is 3.29. The lowest BCUT2D eigenvalue weighted by Gasteiger charge is -2.33. The van der Waals surface area contributed by atoms with Crippen molar-refractivity contribution in [3.05, 3.63) is 29.8 Å². The second kappa shape index (κ2) is 4.93. The quantitative estimate of drug-likeness (QED) is 0.863. The molecule has 2 nitrogen and oxygen atoms in total. The van der Waals surface area contributed by atoms with Gasteiger partial charge in [-0.1, -0.05) is 25.0 Å². The van der Waals surface area contributed by atoms with E-state index in [4.69, 9.17) is 5.73 Å². The zero-order valence-corrected chi connectivity index (χ0v) is 11.3. The molecule has 18 heavy (non-hydrogen) atoms. The van der Waals surface area contributed by atoms with Crippen molar-refractivity contribution in [2.45, 2.75) is 51.1 Å². The van der Waals surface area contributed by atoms with Crippen molar-refractivity contribution in [2.75, 3.05) is 11.4 Å². The monoisotopic (exact) mass is 244 g/mol. The van der Waals surface area contributed by atoms with Gasteiger partial charge < -0.3 is 10.6 Å². The van der Waals surface area contributed by atoms with Gasteiger partial charge in [-0.3, -0.25) is 0 Å². The van der Waals surface area contributed by atoms with E-state index in [1.54, 1.807) is 0 Å². The summed E-state index contributed by atoms with van der Waals surface area (Å²) in [4.78, 5) is 2.63. The van der Waals surface area contributed by atoms with Crippen molar-refractivity contribution in [3.63, 3.8) is 0 Å². The molecule has 3 unspecified atom stereocenters. The fourth-order valence-corrected chi connectivity index (χ4v) is 3.70. The Morgan fingerprint density at radius 2 is 1.83 bits per heavy atom. The molecular weight excluding hydrogens is 220 g/mol. The summed E-state index contributed by atoms with van der Waals surface area (Å²) in [5.74, 6) is 0.951. The summed E-state index contributed by atoms with van der Waals surface area (Å²) in [5, 5.41) is 0. The van der Waals surface area contributed by atoms with Gasteiger partial charge in [0.2, 0.25) is 0 Å². The third-order valence-electron chi connectivity index (χ3n) is 4.76. The Bertz CT molecular complexity index is 396. The zero-order valence-electron chi connectivity index (χ0n) is 11.3. The first-order valence-electron chi connectivity index (χ1n) is 7.38. The fourth-order valence-electron chi connectivity index (χ4n) is 3.70. The second-order valence-electron chi connectivity index (χ2n) is 5.97. The summed E-state index contributed by atoms with van der Waals surface area (Å²) in [6.45, 7) is 3.29. The molecule has 1 heterocycles. The van der Waals surface area contributed by atoms with Gasteiger partial charge in [0.25, 0.3) is 0 Å². The van der Waals surface area contributed by atoms with Crippen LogP contribution in [-0.2, 0) is 0 Å². The molecule has 0 spiro atoms. The normalized spacial score (nSPS) is 29.1. The second-order valence-corrected chi connectivity index (χ2v) is 5.97. The molecule has 0 bridgehead atoms. The minimum absolute atomic E-state index is 0.139. The maximum atomic E-state index is 5.91. The lowest BCUT2D eigenvalue weighted by molar-refractivity contribution is 0.342. The Morgan fingerprint density at radius 3 is 2.56 bits per heavy atom. The summed E-state index contributed by atoms with van der Waals surface area (Å²) in [5.41, 5.74) is 8.54. The van der Waals surface area contributed by atoms with Crippen LogP contribution in [0.2, 0.25) is 0 Å². The van der Waals surface area contributed by atoms with Crippen molar-refractivity contribution in [1.82, 2.24) is 0 Å². The van der Waals surface area contributed by atoms with Crippen LogP contribution in [0.25, 0.3) is 0 Å². The SMILES string of the molecule is CC(N)c1ccc(N2CCC3CCCCC32)cc1. The first-order chi connectivity index (χ1) is 8.75. The summed E-state index contributed by atoms with van der Waals surface area (Å²) >= 11 is 0. The van der Waals surface area contributed by atoms with Crippen molar-refractivity contribution in [3.8, 4) is 0 Å². The summed E-state index contributed by atoms with van der Waals surface area (Å²) in [6, 6.07) is 9.84. The van der Waals surface area contributed by atoms with E-state index < -0.39 is 0 Å². The molecule has 0 amide bonds. The molecule has 98 valence electrons. The van der Waals surface area contributed by atoms with Gasteiger partial charge >= 0.3 is 0 Å². The first-order valence-corrected chi connectivity index (χ1v) is 7.38. The number of rotatable bonds is 2. The highest BCUT2D eigenvalue weighted by atomic mass is 15.2. The minimum Gasteiger partial charge on any atom is -0.368 e. The van der Waals surface area contributed by atoms with Crippen molar-refractivity contribution in [2.24, 2.45) is 11.7 Å². The maximum absolute atomic E-state index is 5.91. The number of anilines is 1. The molecule has 1 aromatic rings. The number of nitrogens with two attached hydrogens (primary N) is 1. The zero-order chi connectivity index (χ0) is 12.5. The van der Waals surface area contributed by atoms with Crippen LogP contribution < -0.4 is 10.6 Å². The van der Waals surface area contributed by atoms with Crippen molar-refractivity contribution in [1.29, 1.82) is 0 Å². The van der Waals surface area contributed by atoms with Crippen molar-refractivity contribution >= 4 is 5.69 Å². The molecule has 1 saturated heterocycles. The number of fused-ring (bicyclic) bond motifs is 1. The van der Waals surface area contributed by atoms with Crippen LogP contribution in [-0.4, -0.2) is 12.6 Å². The van der Waals surface area contributed by atoms with Crippen LogP contribution >= 0.6 is 0 Å². The van der Waals surface area contributed by atoms with Crippen LogP contribution in [0.1, 0.15) is 50.6 Å². The van der Waals surface area contributed by atoms with Gasteiger partial charge in [0.1, 0.15) is 0 Å². The van der Waals surface area contributed by atoms with Crippen LogP contribution in [0.4, 0.5) is 5.69 Å². The van der Waals surface area contributed by atoms with Crippen LogP contribution in [0.3, 0.4) is 0 Å². The Labute approximate surface area is 110 Å². The molecule has 1 aliphatic carbocycles. The van der Waals surface area contributed by atoms with E-state index in [0.29, 0.717) is 0 Å². The number of hydrogen-bond donors (Lipinski definition) is 1. The Balaban J connectivity index is 1.78. The summed E-state index contributed by atoms with van der Waals surface area (Å²) < 4.78 is 0. The summed E-state index contributed by atoms with van der Waals surface area (Å²) in [7, 11) is 0. The molecule has 1 saturated carbocycles. The van der Waals surface area contributed by atoms with E-state index in [0.717, 1.165) is 12.0 Å². The topological polar surface area (TPSA) is 29.3 Å². The molecule has 0 radical (unpaired) electrons. The lowest BCUT2D eigenvalue weighted by Crippen LogP contribution is -2.34. The van der Waals surface area contributed by atoms with Crippen molar-refractivity contribution < 1.29 is 0 Å². The third kappa shape index (κ3) is 2.14. The van der Waals surface area contributed by atoms with Gasteiger partial charge in [0, 0.05) is 24.3 Å². The van der Waals surface area contributed by atoms with Crippen LogP contribution in [0.5, 0.6) is 0 Å². The lowest BCUT2D eigenvalue weighted by atomic mass is 9.85. The van der Waals surface area contributed by atoms with Gasteiger partial charge in [-0.15, -0.1) is 0 Å². The molecule has 1 aliphatic heterocycles. The molecule has 2 fully saturated rings. The molecule has 0 aromatic heterocycles. The molecule has 2 heteroatoms. The van der Waals surface area contributed by atoms with E-state index >= 15 is 0 Å². The van der Waals surface area contributed by atoms with Crippen LogP contribution in [0.15, 0.2) is 24.3 Å². The van der Waals surface area contributed by atoms with E-state index in [1.807, 2.05) is 6.92 Å². The van der Waals surface area contributed by atoms with Crippen LogP contribution in [0, 0.1) is 5.92 Å². The largest absolute Gasteiger partial charge is 0.368 e. The van der Waals surface area contributed by atoms with Gasteiger partial charge in [0.15, 0.2) is 0 Å². The van der Waals surface area contributed by atoms with E-state index in [2.05, 4.69) is 29.2 Å². The highest BCUT2D eigenvalue weighted by molar-refractivity contribution is 5.50. The van der Waals surface area contributed by atoms with Gasteiger partial charge in [-0.2, -0.15) is 0 Å². The fraction of sp³-hybridized carbons (Fsp3) is 0.625. The first kappa shape index (κ1) is 12.0. The molecule has 2 aliphatic rings. The van der Waals surface area contributed by atoms with Gasteiger partial charge in [-0.25, -0.2) is 0 Å². The predicted molar refractivity (Wildman–Crippen MR) is 76.8 cm³/mol. The standard InChI is InChI=1S/C16H24N2/c1-12(17)13-6-8-15(9-7-13)18-11-10-14-4-2-3-5-16(14)18/h6-9,12,14,16H,2-5,10-11,17H2,1H3. The molecule has 3 atom stereocenters. The predicted octanol–water partition coefficient (Wildman–Crippen LogP) is 3.48. The highest BCUT2D eigenvalue weighted by Gasteiger charge is 2.35. The third-order valence-corrected chi connectivity index (χ3v) is 4.76. The van der Waals surface area contributed by atoms with Gasteiger partial charge in [0.05, 0.1) is 0 Å². The Morgan fingerprint density at radius 1 is 1.11 bits per heavy atom. The number of nitrogens with zero attached hydrogens (tertiary/aromatic N) is 1. The number of benzene rings is 1. The average molecular weight is 244 g/mol. The highest BCUT2D eigenvalue weighted by Crippen LogP contribution is 2.38.